The van der Waals surface area contributed by atoms with Crippen molar-refractivity contribution in [1.82, 2.24) is 9.97 Å². The van der Waals surface area contributed by atoms with Crippen molar-refractivity contribution in [2.75, 3.05) is 25.1 Å². The third-order valence-electron chi connectivity index (χ3n) is 3.14. The molecule has 20 heavy (non-hydrogen) atoms. The number of aromatic nitrogens is 2. The number of anilines is 1. The Balaban J connectivity index is 1.89. The van der Waals surface area contributed by atoms with Gasteiger partial charge in [0.1, 0.15) is 5.82 Å². The third-order valence-corrected chi connectivity index (χ3v) is 3.14. The molecule has 1 aromatic rings. The number of ether oxygens (including phenoxy) is 1. The lowest BCUT2D eigenvalue weighted by Gasteiger charge is -2.11. The number of hydrogen-bond donors (Lipinski definition) is 2. The molecular formula is C14H21N3O3. The fourth-order valence-electron chi connectivity index (χ4n) is 1.76. The molecule has 1 heterocycles. The molecule has 6 nitrogen and oxygen atoms in total. The first-order chi connectivity index (χ1) is 9.58. The molecule has 2 rings (SSSR count). The summed E-state index contributed by atoms with van der Waals surface area (Å²) in [6.07, 6.45) is 4.06. The van der Waals surface area contributed by atoms with Gasteiger partial charge in [-0.25, -0.2) is 14.8 Å². The standard InChI is InChI=1S/C14H21N3O3/c1-9(2)13-16-7-11(12(17-13)14(18)19)15-5-6-20-8-10-3-4-10/h7,9-10,15H,3-6,8H2,1-2H3,(H,18,19). The van der Waals surface area contributed by atoms with E-state index in [2.05, 4.69) is 15.3 Å². The molecule has 0 spiro atoms. The van der Waals surface area contributed by atoms with Crippen LogP contribution in [0, 0.1) is 5.92 Å². The topological polar surface area (TPSA) is 84.3 Å². The van der Waals surface area contributed by atoms with Crippen molar-refractivity contribution in [2.45, 2.75) is 32.6 Å². The zero-order valence-electron chi connectivity index (χ0n) is 11.9. The number of hydrogen-bond acceptors (Lipinski definition) is 5. The molecule has 1 fully saturated rings. The zero-order valence-corrected chi connectivity index (χ0v) is 11.9. The maximum Gasteiger partial charge on any atom is 0.356 e. The summed E-state index contributed by atoms with van der Waals surface area (Å²) in [7, 11) is 0. The van der Waals surface area contributed by atoms with E-state index in [0.717, 1.165) is 12.5 Å². The minimum absolute atomic E-state index is 0.0193. The number of nitrogens with one attached hydrogen (secondary N) is 1. The first kappa shape index (κ1) is 14.7. The van der Waals surface area contributed by atoms with Crippen LogP contribution in [0.5, 0.6) is 0 Å². The van der Waals surface area contributed by atoms with Gasteiger partial charge in [0.05, 0.1) is 18.5 Å². The number of aromatic carboxylic acids is 1. The molecule has 0 amide bonds. The molecule has 0 unspecified atom stereocenters. The number of carbonyl (C=O) groups is 1. The Hall–Kier alpha value is -1.69. The van der Waals surface area contributed by atoms with Gasteiger partial charge < -0.3 is 15.2 Å². The average molecular weight is 279 g/mol. The second kappa shape index (κ2) is 6.65. The predicted molar refractivity (Wildman–Crippen MR) is 75.1 cm³/mol. The first-order valence-corrected chi connectivity index (χ1v) is 6.99. The zero-order chi connectivity index (χ0) is 14.5. The molecule has 0 aromatic carbocycles. The highest BCUT2D eigenvalue weighted by Gasteiger charge is 2.21. The van der Waals surface area contributed by atoms with Crippen LogP contribution in [-0.2, 0) is 4.74 Å². The van der Waals surface area contributed by atoms with Crippen molar-refractivity contribution in [3.8, 4) is 0 Å². The lowest BCUT2D eigenvalue weighted by atomic mass is 10.2. The van der Waals surface area contributed by atoms with Gasteiger partial charge in [-0.05, 0) is 18.8 Å². The lowest BCUT2D eigenvalue weighted by molar-refractivity contribution is 0.0691. The predicted octanol–water partition coefficient (Wildman–Crippen LogP) is 2.14. The highest BCUT2D eigenvalue weighted by molar-refractivity contribution is 5.91. The van der Waals surface area contributed by atoms with Crippen LogP contribution >= 0.6 is 0 Å². The van der Waals surface area contributed by atoms with Gasteiger partial charge in [0.2, 0.25) is 0 Å². The van der Waals surface area contributed by atoms with Crippen molar-refractivity contribution in [3.05, 3.63) is 17.7 Å². The van der Waals surface area contributed by atoms with Gasteiger partial charge in [0.15, 0.2) is 5.69 Å². The Kier molecular flexibility index (Phi) is 4.89. The van der Waals surface area contributed by atoms with E-state index in [1.165, 1.54) is 19.0 Å². The maximum absolute atomic E-state index is 11.2. The molecule has 1 aliphatic rings. The minimum Gasteiger partial charge on any atom is -0.476 e. The number of carboxylic acids is 1. The van der Waals surface area contributed by atoms with Crippen LogP contribution < -0.4 is 5.32 Å². The Labute approximate surface area is 118 Å². The second-order valence-corrected chi connectivity index (χ2v) is 5.40. The van der Waals surface area contributed by atoms with Crippen molar-refractivity contribution in [3.63, 3.8) is 0 Å². The summed E-state index contributed by atoms with van der Waals surface area (Å²) >= 11 is 0. The fraction of sp³-hybridized carbons (Fsp3) is 0.643. The molecule has 110 valence electrons. The first-order valence-electron chi connectivity index (χ1n) is 6.99. The van der Waals surface area contributed by atoms with Crippen LogP contribution in [0.25, 0.3) is 0 Å². The summed E-state index contributed by atoms with van der Waals surface area (Å²) in [5.41, 5.74) is 0.461. The molecule has 1 saturated carbocycles. The van der Waals surface area contributed by atoms with Crippen molar-refractivity contribution < 1.29 is 14.6 Å². The Morgan fingerprint density at radius 1 is 1.55 bits per heavy atom. The van der Waals surface area contributed by atoms with Gasteiger partial charge in [0, 0.05) is 19.1 Å². The van der Waals surface area contributed by atoms with Crippen LogP contribution in [0.3, 0.4) is 0 Å². The van der Waals surface area contributed by atoms with Gasteiger partial charge in [-0.15, -0.1) is 0 Å². The van der Waals surface area contributed by atoms with Crippen LogP contribution in [0.15, 0.2) is 6.20 Å². The van der Waals surface area contributed by atoms with E-state index in [1.54, 1.807) is 0 Å². The molecule has 0 atom stereocenters. The van der Waals surface area contributed by atoms with E-state index < -0.39 is 5.97 Å². The minimum atomic E-state index is -1.05. The molecule has 0 bridgehead atoms. The quantitative estimate of drug-likeness (QED) is 0.709. The Morgan fingerprint density at radius 3 is 2.90 bits per heavy atom. The number of rotatable bonds is 8. The van der Waals surface area contributed by atoms with Gasteiger partial charge >= 0.3 is 5.97 Å². The van der Waals surface area contributed by atoms with Crippen LogP contribution in [-0.4, -0.2) is 40.8 Å². The highest BCUT2D eigenvalue weighted by Crippen LogP contribution is 2.28. The van der Waals surface area contributed by atoms with E-state index in [1.807, 2.05) is 13.8 Å². The fourth-order valence-corrected chi connectivity index (χ4v) is 1.76. The van der Waals surface area contributed by atoms with Gasteiger partial charge in [0.25, 0.3) is 0 Å². The van der Waals surface area contributed by atoms with Crippen LogP contribution in [0.1, 0.15) is 48.9 Å². The van der Waals surface area contributed by atoms with E-state index >= 15 is 0 Å². The van der Waals surface area contributed by atoms with Crippen molar-refractivity contribution in [2.24, 2.45) is 5.92 Å². The summed E-state index contributed by atoms with van der Waals surface area (Å²) in [6, 6.07) is 0. The number of nitrogens with zero attached hydrogens (tertiary/aromatic N) is 2. The second-order valence-electron chi connectivity index (χ2n) is 5.40. The average Bonchev–Trinajstić information content (AvgIpc) is 3.22. The van der Waals surface area contributed by atoms with Crippen molar-refractivity contribution in [1.29, 1.82) is 0 Å². The summed E-state index contributed by atoms with van der Waals surface area (Å²) in [4.78, 5) is 19.5. The molecule has 6 heteroatoms. The molecule has 0 saturated heterocycles. The van der Waals surface area contributed by atoms with E-state index in [9.17, 15) is 9.90 Å². The smallest absolute Gasteiger partial charge is 0.356 e. The van der Waals surface area contributed by atoms with Crippen LogP contribution in [0.2, 0.25) is 0 Å². The lowest BCUT2D eigenvalue weighted by Crippen LogP contribution is -2.16. The summed E-state index contributed by atoms with van der Waals surface area (Å²) < 4.78 is 5.49. The molecule has 2 N–H and O–H groups in total. The highest BCUT2D eigenvalue weighted by atomic mass is 16.5. The molecule has 0 aliphatic heterocycles. The molecule has 0 radical (unpaired) electrons. The summed E-state index contributed by atoms with van der Waals surface area (Å²) in [6.45, 7) is 5.77. The van der Waals surface area contributed by atoms with Gasteiger partial charge in [-0.1, -0.05) is 13.8 Å². The molecular weight excluding hydrogens is 258 g/mol. The summed E-state index contributed by atoms with van der Waals surface area (Å²) in [5, 5.41) is 12.2. The summed E-state index contributed by atoms with van der Waals surface area (Å²) in [5.74, 6) is 0.330. The SMILES string of the molecule is CC(C)c1ncc(NCCOCC2CC2)c(C(=O)O)n1. The van der Waals surface area contributed by atoms with Crippen LogP contribution in [0.4, 0.5) is 5.69 Å². The van der Waals surface area contributed by atoms with E-state index in [-0.39, 0.29) is 11.6 Å². The Morgan fingerprint density at radius 2 is 2.30 bits per heavy atom. The number of carboxylic acid groups (broad SMARTS) is 1. The molecule has 1 aliphatic carbocycles. The largest absolute Gasteiger partial charge is 0.476 e. The molecule has 1 aromatic heterocycles. The Bertz CT molecular complexity index is 473. The van der Waals surface area contributed by atoms with E-state index in [4.69, 9.17) is 4.74 Å². The third kappa shape index (κ3) is 4.16. The van der Waals surface area contributed by atoms with Crippen molar-refractivity contribution >= 4 is 11.7 Å². The van der Waals surface area contributed by atoms with Gasteiger partial charge in [-0.3, -0.25) is 0 Å². The monoisotopic (exact) mass is 279 g/mol. The van der Waals surface area contributed by atoms with Gasteiger partial charge in [-0.2, -0.15) is 0 Å². The maximum atomic E-state index is 11.2. The van der Waals surface area contributed by atoms with E-state index in [0.29, 0.717) is 24.7 Å². The normalized spacial score (nSPS) is 14.6.